The molecule has 1 aliphatic rings. The van der Waals surface area contributed by atoms with Gasteiger partial charge in [-0.2, -0.15) is 0 Å². The Balaban J connectivity index is 1.54. The lowest BCUT2D eigenvalue weighted by molar-refractivity contribution is 0.00533. The van der Waals surface area contributed by atoms with Gasteiger partial charge in [-0.05, 0) is 49.5 Å². The molecule has 0 aliphatic carbocycles. The summed E-state index contributed by atoms with van der Waals surface area (Å²) >= 11 is 0. The molecule has 130 valence electrons. The Morgan fingerprint density at radius 2 is 1.74 bits per heavy atom. The Labute approximate surface area is 140 Å². The number of likely N-dealkylation sites (tertiary alicyclic amines) is 1. The maximum absolute atomic E-state index is 9.99. The first-order chi connectivity index (χ1) is 11.1. The molecule has 1 aliphatic heterocycles. The van der Waals surface area contributed by atoms with Crippen molar-refractivity contribution in [2.24, 2.45) is 0 Å². The zero-order chi connectivity index (χ0) is 16.5. The van der Waals surface area contributed by atoms with Crippen molar-refractivity contribution in [2.45, 2.75) is 45.1 Å². The summed E-state index contributed by atoms with van der Waals surface area (Å²) in [7, 11) is 0. The number of aliphatic hydroxyl groups excluding tert-OH is 1. The van der Waals surface area contributed by atoms with Crippen LogP contribution < -0.4 is 4.74 Å². The van der Waals surface area contributed by atoms with E-state index in [1.54, 1.807) is 0 Å². The lowest BCUT2D eigenvalue weighted by Crippen LogP contribution is -2.38. The lowest BCUT2D eigenvalue weighted by atomic mass is 10.0. The van der Waals surface area contributed by atoms with Gasteiger partial charge in [0, 0.05) is 6.54 Å². The van der Waals surface area contributed by atoms with Crippen LogP contribution in [0.3, 0.4) is 0 Å². The van der Waals surface area contributed by atoms with Gasteiger partial charge >= 0.3 is 0 Å². The number of piperidine rings is 1. The van der Waals surface area contributed by atoms with Gasteiger partial charge in [-0.15, -0.1) is 0 Å². The van der Waals surface area contributed by atoms with Crippen LogP contribution in [-0.2, 0) is 4.74 Å². The number of hydrogen-bond acceptors (Lipinski definition) is 4. The Morgan fingerprint density at radius 1 is 1.04 bits per heavy atom. The predicted molar refractivity (Wildman–Crippen MR) is 93.1 cm³/mol. The predicted octanol–water partition coefficient (Wildman–Crippen LogP) is 3.05. The van der Waals surface area contributed by atoms with Crippen LogP contribution in [0.1, 0.15) is 44.6 Å². The maximum atomic E-state index is 9.99. The molecule has 1 atom stereocenters. The van der Waals surface area contributed by atoms with Crippen molar-refractivity contribution < 1.29 is 14.6 Å². The molecule has 4 nitrogen and oxygen atoms in total. The van der Waals surface area contributed by atoms with Crippen LogP contribution in [0.15, 0.2) is 24.3 Å². The highest BCUT2D eigenvalue weighted by Crippen LogP contribution is 2.18. The highest BCUT2D eigenvalue weighted by atomic mass is 16.5. The second-order valence-corrected chi connectivity index (χ2v) is 6.66. The van der Waals surface area contributed by atoms with Crippen molar-refractivity contribution in [3.8, 4) is 5.75 Å². The number of aliphatic hydroxyl groups is 1. The van der Waals surface area contributed by atoms with Crippen LogP contribution in [0.25, 0.3) is 0 Å². The van der Waals surface area contributed by atoms with Gasteiger partial charge in [-0.3, -0.25) is 0 Å². The monoisotopic (exact) mass is 321 g/mol. The van der Waals surface area contributed by atoms with E-state index in [4.69, 9.17) is 9.47 Å². The molecule has 0 bridgehead atoms. The van der Waals surface area contributed by atoms with Crippen molar-refractivity contribution in [3.63, 3.8) is 0 Å². The molecule has 0 saturated carbocycles. The van der Waals surface area contributed by atoms with Crippen LogP contribution in [0.4, 0.5) is 0 Å². The minimum absolute atomic E-state index is 0.381. The van der Waals surface area contributed by atoms with Gasteiger partial charge in [0.05, 0.1) is 19.3 Å². The topological polar surface area (TPSA) is 41.9 Å². The number of benzene rings is 1. The summed E-state index contributed by atoms with van der Waals surface area (Å²) in [6.07, 6.45) is 3.41. The molecular weight excluding hydrogens is 290 g/mol. The van der Waals surface area contributed by atoms with E-state index in [-0.39, 0.29) is 0 Å². The van der Waals surface area contributed by atoms with Crippen molar-refractivity contribution in [2.75, 3.05) is 39.5 Å². The molecule has 0 spiro atoms. The molecule has 0 radical (unpaired) electrons. The molecule has 1 fully saturated rings. The van der Waals surface area contributed by atoms with E-state index in [0.29, 0.717) is 25.7 Å². The Kier molecular flexibility index (Phi) is 7.86. The largest absolute Gasteiger partial charge is 0.491 e. The normalized spacial score (nSPS) is 17.4. The fraction of sp³-hybridized carbons (Fsp3) is 0.684. The molecule has 1 saturated heterocycles. The van der Waals surface area contributed by atoms with E-state index < -0.39 is 6.10 Å². The number of nitrogens with zero attached hydrogens (tertiary/aromatic N) is 1. The van der Waals surface area contributed by atoms with E-state index in [9.17, 15) is 5.11 Å². The fourth-order valence-corrected chi connectivity index (χ4v) is 2.88. The standard InChI is InChI=1S/C19H31NO3/c1-16(2)17-6-8-19(9-7-17)23-13-12-22-15-18(21)14-20-10-4-3-5-11-20/h6-9,16,18,21H,3-5,10-15H2,1-2H3. The smallest absolute Gasteiger partial charge is 0.119 e. The zero-order valence-corrected chi connectivity index (χ0v) is 14.5. The van der Waals surface area contributed by atoms with Crippen LogP contribution in [0.5, 0.6) is 5.75 Å². The van der Waals surface area contributed by atoms with E-state index in [1.165, 1.54) is 24.8 Å². The maximum Gasteiger partial charge on any atom is 0.119 e. The van der Waals surface area contributed by atoms with Crippen LogP contribution in [-0.4, -0.2) is 55.6 Å². The van der Waals surface area contributed by atoms with Gasteiger partial charge in [-0.25, -0.2) is 0 Å². The summed E-state index contributed by atoms with van der Waals surface area (Å²) in [5.74, 6) is 1.40. The van der Waals surface area contributed by atoms with Crippen molar-refractivity contribution in [1.82, 2.24) is 4.90 Å². The van der Waals surface area contributed by atoms with Gasteiger partial charge in [0.15, 0.2) is 0 Å². The Bertz CT molecular complexity index is 427. The molecule has 1 N–H and O–H groups in total. The van der Waals surface area contributed by atoms with Crippen LogP contribution in [0, 0.1) is 0 Å². The van der Waals surface area contributed by atoms with E-state index >= 15 is 0 Å². The van der Waals surface area contributed by atoms with Crippen LogP contribution in [0.2, 0.25) is 0 Å². The van der Waals surface area contributed by atoms with Gasteiger partial charge in [-0.1, -0.05) is 32.4 Å². The summed E-state index contributed by atoms with van der Waals surface area (Å²) in [6, 6.07) is 8.20. The van der Waals surface area contributed by atoms with Gasteiger partial charge in [0.1, 0.15) is 12.4 Å². The van der Waals surface area contributed by atoms with Crippen molar-refractivity contribution in [1.29, 1.82) is 0 Å². The summed E-state index contributed by atoms with van der Waals surface area (Å²) in [5, 5.41) is 9.99. The summed E-state index contributed by atoms with van der Waals surface area (Å²) in [5.41, 5.74) is 1.31. The molecule has 23 heavy (non-hydrogen) atoms. The molecule has 1 aromatic rings. The molecule has 0 aromatic heterocycles. The summed E-state index contributed by atoms with van der Waals surface area (Å²) in [4.78, 5) is 2.32. The molecule has 2 rings (SSSR count). The second-order valence-electron chi connectivity index (χ2n) is 6.66. The molecular formula is C19H31NO3. The first-order valence-corrected chi connectivity index (χ1v) is 8.86. The molecule has 1 unspecified atom stereocenters. The highest BCUT2D eigenvalue weighted by Gasteiger charge is 2.14. The average molecular weight is 321 g/mol. The molecule has 4 heteroatoms. The van der Waals surface area contributed by atoms with Gasteiger partial charge in [0.25, 0.3) is 0 Å². The van der Waals surface area contributed by atoms with E-state index in [0.717, 1.165) is 25.4 Å². The summed E-state index contributed by atoms with van der Waals surface area (Å²) in [6.45, 7) is 8.68. The molecule has 1 aromatic carbocycles. The third kappa shape index (κ3) is 6.90. The number of rotatable bonds is 9. The van der Waals surface area contributed by atoms with Crippen molar-refractivity contribution >= 4 is 0 Å². The number of ether oxygens (including phenoxy) is 2. The third-order valence-electron chi connectivity index (χ3n) is 4.27. The first kappa shape index (κ1) is 18.2. The average Bonchev–Trinajstić information content (AvgIpc) is 2.56. The minimum Gasteiger partial charge on any atom is -0.491 e. The highest BCUT2D eigenvalue weighted by molar-refractivity contribution is 5.28. The second kappa shape index (κ2) is 9.91. The first-order valence-electron chi connectivity index (χ1n) is 8.86. The lowest BCUT2D eigenvalue weighted by Gasteiger charge is -2.28. The zero-order valence-electron chi connectivity index (χ0n) is 14.5. The van der Waals surface area contributed by atoms with Gasteiger partial charge < -0.3 is 19.5 Å². The number of hydrogen-bond donors (Lipinski definition) is 1. The van der Waals surface area contributed by atoms with Gasteiger partial charge in [0.2, 0.25) is 0 Å². The van der Waals surface area contributed by atoms with Crippen molar-refractivity contribution in [3.05, 3.63) is 29.8 Å². The quantitative estimate of drug-likeness (QED) is 0.710. The molecule has 1 heterocycles. The van der Waals surface area contributed by atoms with E-state index in [2.05, 4.69) is 30.9 Å². The fourth-order valence-electron chi connectivity index (χ4n) is 2.88. The number of β-amino-alcohol motifs (C(OH)–C–C–N with tert-alkyl or cyclic N) is 1. The van der Waals surface area contributed by atoms with E-state index in [1.807, 2.05) is 12.1 Å². The Hall–Kier alpha value is -1.10. The Morgan fingerprint density at radius 3 is 2.39 bits per heavy atom. The molecule has 0 amide bonds. The summed E-state index contributed by atoms with van der Waals surface area (Å²) < 4.78 is 11.2. The minimum atomic E-state index is -0.404. The SMILES string of the molecule is CC(C)c1ccc(OCCOCC(O)CN2CCCCC2)cc1. The van der Waals surface area contributed by atoms with Crippen LogP contribution >= 0.6 is 0 Å². The third-order valence-corrected chi connectivity index (χ3v) is 4.27.